The van der Waals surface area contributed by atoms with Crippen molar-refractivity contribution < 1.29 is 14.7 Å². The molecular weight excluding hydrogens is 414 g/mol. The van der Waals surface area contributed by atoms with Crippen LogP contribution in [-0.4, -0.2) is 59.5 Å². The molecule has 4 rings (SSSR count). The highest BCUT2D eigenvalue weighted by Crippen LogP contribution is 2.45. The van der Waals surface area contributed by atoms with E-state index in [0.29, 0.717) is 5.56 Å². The molecule has 0 unspecified atom stereocenters. The maximum atomic E-state index is 13.3. The fraction of sp³-hybridized carbons (Fsp3) is 0.444. The van der Waals surface area contributed by atoms with Gasteiger partial charge in [-0.1, -0.05) is 55.7 Å². The van der Waals surface area contributed by atoms with Crippen molar-refractivity contribution in [2.24, 2.45) is 5.92 Å². The zero-order chi connectivity index (χ0) is 23.5. The Morgan fingerprint density at radius 1 is 1.09 bits per heavy atom. The first-order chi connectivity index (χ1) is 16.0. The number of amides is 2. The summed E-state index contributed by atoms with van der Waals surface area (Å²) in [6.07, 6.45) is 4.96. The smallest absolute Gasteiger partial charge is 0.253 e. The van der Waals surface area contributed by atoms with Crippen molar-refractivity contribution in [3.8, 4) is 17.2 Å². The molecule has 1 saturated carbocycles. The van der Waals surface area contributed by atoms with Crippen LogP contribution in [0.25, 0.3) is 11.1 Å². The second kappa shape index (κ2) is 9.76. The number of nitriles is 1. The van der Waals surface area contributed by atoms with Crippen molar-refractivity contribution in [3.63, 3.8) is 0 Å². The first kappa shape index (κ1) is 23.0. The van der Waals surface area contributed by atoms with Gasteiger partial charge in [0.05, 0.1) is 18.7 Å². The molecule has 0 bridgehead atoms. The summed E-state index contributed by atoms with van der Waals surface area (Å²) in [5, 5.41) is 20.2. The van der Waals surface area contributed by atoms with Gasteiger partial charge in [0, 0.05) is 31.5 Å². The minimum Gasteiger partial charge on any atom is -0.394 e. The number of carbonyl (C=O) groups is 2. The number of aliphatic hydroxyl groups is 1. The molecule has 33 heavy (non-hydrogen) atoms. The highest BCUT2D eigenvalue weighted by atomic mass is 16.3. The molecule has 6 nitrogen and oxygen atoms in total. The third kappa shape index (κ3) is 4.26. The van der Waals surface area contributed by atoms with Crippen molar-refractivity contribution >= 4 is 11.8 Å². The number of benzene rings is 2. The second-order valence-corrected chi connectivity index (χ2v) is 9.30. The standard InChI is InChI=1S/C27H31N3O3/c1-29(2)26(32)20-12-8-11-19(15-20)21-13-6-7-14-22(21)25-23(16-28)30(24(25)17-31)27(33)18-9-4-3-5-10-18/h6-8,11-15,18,23-25,31H,3-5,9-10,17H2,1-2H3/t23-,24+,25-/m1/s1. The number of nitrogens with zero attached hydrogens (tertiary/aromatic N) is 3. The monoisotopic (exact) mass is 445 g/mol. The molecule has 0 spiro atoms. The average molecular weight is 446 g/mol. The number of aliphatic hydroxyl groups excluding tert-OH is 1. The van der Waals surface area contributed by atoms with Crippen LogP contribution in [0.5, 0.6) is 0 Å². The van der Waals surface area contributed by atoms with Gasteiger partial charge in [0.25, 0.3) is 5.91 Å². The summed E-state index contributed by atoms with van der Waals surface area (Å²) in [5.41, 5.74) is 3.30. The third-order valence-corrected chi connectivity index (χ3v) is 7.09. The van der Waals surface area contributed by atoms with Gasteiger partial charge in [-0.3, -0.25) is 9.59 Å². The summed E-state index contributed by atoms with van der Waals surface area (Å²) in [5.74, 6) is -0.400. The van der Waals surface area contributed by atoms with Crippen LogP contribution in [0.4, 0.5) is 0 Å². The molecular formula is C27H31N3O3. The lowest BCUT2D eigenvalue weighted by molar-refractivity contribution is -0.152. The summed E-state index contributed by atoms with van der Waals surface area (Å²) in [6.45, 7) is -0.186. The van der Waals surface area contributed by atoms with Crippen molar-refractivity contribution in [1.29, 1.82) is 5.26 Å². The van der Waals surface area contributed by atoms with Gasteiger partial charge in [-0.25, -0.2) is 0 Å². The zero-order valence-electron chi connectivity index (χ0n) is 19.3. The molecule has 2 aromatic rings. The van der Waals surface area contributed by atoms with Crippen LogP contribution < -0.4 is 0 Å². The van der Waals surface area contributed by atoms with E-state index in [1.807, 2.05) is 42.5 Å². The molecule has 1 heterocycles. The third-order valence-electron chi connectivity index (χ3n) is 7.09. The molecule has 3 atom stereocenters. The van der Waals surface area contributed by atoms with E-state index >= 15 is 0 Å². The predicted molar refractivity (Wildman–Crippen MR) is 126 cm³/mol. The van der Waals surface area contributed by atoms with E-state index in [9.17, 15) is 20.0 Å². The first-order valence-corrected chi connectivity index (χ1v) is 11.7. The molecule has 0 radical (unpaired) electrons. The van der Waals surface area contributed by atoms with E-state index < -0.39 is 12.1 Å². The number of hydrogen-bond acceptors (Lipinski definition) is 4. The Labute approximate surface area is 195 Å². The Kier molecular flexibility index (Phi) is 6.80. The quantitative estimate of drug-likeness (QED) is 0.758. The molecule has 1 aliphatic heterocycles. The average Bonchev–Trinajstić information content (AvgIpc) is 2.84. The van der Waals surface area contributed by atoms with Gasteiger partial charge in [-0.05, 0) is 41.7 Å². The van der Waals surface area contributed by atoms with Crippen molar-refractivity contribution in [2.45, 2.75) is 50.1 Å². The van der Waals surface area contributed by atoms with Crippen LogP contribution in [0.15, 0.2) is 48.5 Å². The lowest BCUT2D eigenvalue weighted by atomic mass is 9.72. The van der Waals surface area contributed by atoms with E-state index in [0.717, 1.165) is 48.8 Å². The molecule has 2 amide bonds. The van der Waals surface area contributed by atoms with Crippen molar-refractivity contribution in [1.82, 2.24) is 9.80 Å². The molecule has 1 aliphatic carbocycles. The van der Waals surface area contributed by atoms with Gasteiger partial charge in [-0.2, -0.15) is 5.26 Å². The summed E-state index contributed by atoms with van der Waals surface area (Å²) >= 11 is 0. The summed E-state index contributed by atoms with van der Waals surface area (Å²) < 4.78 is 0. The van der Waals surface area contributed by atoms with Gasteiger partial charge >= 0.3 is 0 Å². The number of carbonyl (C=O) groups excluding carboxylic acids is 2. The van der Waals surface area contributed by atoms with E-state index in [4.69, 9.17) is 0 Å². The van der Waals surface area contributed by atoms with Crippen LogP contribution in [-0.2, 0) is 4.79 Å². The topological polar surface area (TPSA) is 84.6 Å². The minimum atomic E-state index is -0.607. The Morgan fingerprint density at radius 2 is 1.82 bits per heavy atom. The molecule has 6 heteroatoms. The first-order valence-electron chi connectivity index (χ1n) is 11.7. The second-order valence-electron chi connectivity index (χ2n) is 9.30. The van der Waals surface area contributed by atoms with Crippen molar-refractivity contribution in [2.75, 3.05) is 20.7 Å². The Morgan fingerprint density at radius 3 is 2.48 bits per heavy atom. The Hall–Kier alpha value is -3.17. The van der Waals surface area contributed by atoms with Crippen LogP contribution >= 0.6 is 0 Å². The fourth-order valence-electron chi connectivity index (χ4n) is 5.37. The molecule has 1 saturated heterocycles. The number of rotatable bonds is 5. The van der Waals surface area contributed by atoms with Crippen LogP contribution in [0, 0.1) is 17.2 Å². The lowest BCUT2D eigenvalue weighted by Gasteiger charge is -2.53. The van der Waals surface area contributed by atoms with Crippen LogP contribution in [0.1, 0.15) is 53.9 Å². The van der Waals surface area contributed by atoms with Gasteiger partial charge in [0.1, 0.15) is 6.04 Å². The highest BCUT2D eigenvalue weighted by molar-refractivity contribution is 5.95. The maximum Gasteiger partial charge on any atom is 0.253 e. The molecule has 0 aromatic heterocycles. The van der Waals surface area contributed by atoms with E-state index in [1.54, 1.807) is 30.0 Å². The lowest BCUT2D eigenvalue weighted by Crippen LogP contribution is -2.66. The Bertz CT molecular complexity index is 1070. The fourth-order valence-corrected chi connectivity index (χ4v) is 5.37. The maximum absolute atomic E-state index is 13.3. The van der Waals surface area contributed by atoms with E-state index in [1.165, 1.54) is 0 Å². The molecule has 2 fully saturated rings. The number of hydrogen-bond donors (Lipinski definition) is 1. The largest absolute Gasteiger partial charge is 0.394 e. The van der Waals surface area contributed by atoms with Gasteiger partial charge in [-0.15, -0.1) is 0 Å². The van der Waals surface area contributed by atoms with Crippen molar-refractivity contribution in [3.05, 3.63) is 59.7 Å². The zero-order valence-corrected chi connectivity index (χ0v) is 19.3. The van der Waals surface area contributed by atoms with Crippen LogP contribution in [0.2, 0.25) is 0 Å². The minimum absolute atomic E-state index is 0.00704. The normalized spacial score (nSPS) is 22.8. The van der Waals surface area contributed by atoms with E-state index in [-0.39, 0.29) is 30.3 Å². The summed E-state index contributed by atoms with van der Waals surface area (Å²) in [6, 6.07) is 16.6. The summed E-state index contributed by atoms with van der Waals surface area (Å²) in [7, 11) is 3.44. The van der Waals surface area contributed by atoms with Gasteiger partial charge in [0.15, 0.2) is 0 Å². The van der Waals surface area contributed by atoms with Gasteiger partial charge < -0.3 is 14.9 Å². The van der Waals surface area contributed by atoms with Crippen LogP contribution in [0.3, 0.4) is 0 Å². The SMILES string of the molecule is CN(C)C(=O)c1cccc(-c2ccccc2[C@@H]2[C@@H](C#N)N(C(=O)C3CCCCC3)[C@H]2CO)c1. The molecule has 2 aromatic carbocycles. The highest BCUT2D eigenvalue weighted by Gasteiger charge is 2.53. The molecule has 1 N–H and O–H groups in total. The van der Waals surface area contributed by atoms with E-state index in [2.05, 4.69) is 6.07 Å². The predicted octanol–water partition coefficient (Wildman–Crippen LogP) is 3.81. The van der Waals surface area contributed by atoms with Gasteiger partial charge in [0.2, 0.25) is 5.91 Å². The molecule has 2 aliphatic rings. The molecule has 172 valence electrons. The number of likely N-dealkylation sites (tertiary alicyclic amines) is 1. The Balaban J connectivity index is 1.68. The summed E-state index contributed by atoms with van der Waals surface area (Å²) in [4.78, 5) is 28.9.